The molecule has 0 aliphatic carbocycles. The van der Waals surface area contributed by atoms with Gasteiger partial charge >= 0.3 is 0 Å². The fourth-order valence-corrected chi connectivity index (χ4v) is 4.08. The summed E-state index contributed by atoms with van der Waals surface area (Å²) in [7, 11) is 0. The second-order valence-electron chi connectivity index (χ2n) is 7.34. The molecule has 1 fully saturated rings. The topological polar surface area (TPSA) is 89.5 Å². The first kappa shape index (κ1) is 17.9. The van der Waals surface area contributed by atoms with Gasteiger partial charge in [0.1, 0.15) is 0 Å². The van der Waals surface area contributed by atoms with Crippen LogP contribution < -0.4 is 0 Å². The molecule has 0 aromatic carbocycles. The van der Waals surface area contributed by atoms with Gasteiger partial charge in [-0.15, -0.1) is 0 Å². The number of nitrogens with one attached hydrogen (secondary N) is 1. The fourth-order valence-electron chi connectivity index (χ4n) is 4.08. The van der Waals surface area contributed by atoms with E-state index in [4.69, 9.17) is 5.11 Å². The van der Waals surface area contributed by atoms with E-state index in [0.717, 1.165) is 37.2 Å². The van der Waals surface area contributed by atoms with Gasteiger partial charge in [0.15, 0.2) is 0 Å². The SMILES string of the molecule is CC(C)C(=O)N1CCc2[nH]cnc2C1C1CCN(C(=O)CCO)CC1. The van der Waals surface area contributed by atoms with Crippen molar-refractivity contribution < 1.29 is 14.7 Å². The first-order chi connectivity index (χ1) is 12.0. The van der Waals surface area contributed by atoms with Crippen molar-refractivity contribution in [2.45, 2.75) is 45.6 Å². The molecule has 1 atom stereocenters. The van der Waals surface area contributed by atoms with Gasteiger partial charge in [-0.05, 0) is 18.8 Å². The van der Waals surface area contributed by atoms with Crippen molar-refractivity contribution in [2.24, 2.45) is 11.8 Å². The van der Waals surface area contributed by atoms with Crippen molar-refractivity contribution in [3.63, 3.8) is 0 Å². The molecule has 1 aromatic rings. The van der Waals surface area contributed by atoms with E-state index in [1.54, 1.807) is 6.33 Å². The van der Waals surface area contributed by atoms with Gasteiger partial charge in [0, 0.05) is 44.1 Å². The molecule has 0 saturated carbocycles. The molecular weight excluding hydrogens is 320 g/mol. The smallest absolute Gasteiger partial charge is 0.225 e. The van der Waals surface area contributed by atoms with Crippen LogP contribution in [0.2, 0.25) is 0 Å². The number of H-pyrrole nitrogens is 1. The first-order valence-electron chi connectivity index (χ1n) is 9.24. The number of carbonyl (C=O) groups is 2. The van der Waals surface area contributed by atoms with E-state index in [-0.39, 0.29) is 36.8 Å². The monoisotopic (exact) mass is 348 g/mol. The molecule has 2 aliphatic rings. The quantitative estimate of drug-likeness (QED) is 0.853. The molecule has 1 aromatic heterocycles. The third-order valence-corrected chi connectivity index (χ3v) is 5.41. The Kier molecular flexibility index (Phi) is 5.42. The Morgan fingerprint density at radius 1 is 1.32 bits per heavy atom. The van der Waals surface area contributed by atoms with Crippen LogP contribution in [-0.4, -0.2) is 62.9 Å². The number of hydrogen-bond acceptors (Lipinski definition) is 4. The van der Waals surface area contributed by atoms with Crippen LogP contribution in [0.1, 0.15) is 50.5 Å². The van der Waals surface area contributed by atoms with Crippen LogP contribution >= 0.6 is 0 Å². The third kappa shape index (κ3) is 3.56. The van der Waals surface area contributed by atoms with Gasteiger partial charge in [-0.3, -0.25) is 9.59 Å². The summed E-state index contributed by atoms with van der Waals surface area (Å²) in [5.74, 6) is 0.468. The lowest BCUT2D eigenvalue weighted by atomic mass is 9.83. The van der Waals surface area contributed by atoms with Crippen molar-refractivity contribution in [1.29, 1.82) is 0 Å². The number of imidazole rings is 1. The van der Waals surface area contributed by atoms with Crippen molar-refractivity contribution in [3.8, 4) is 0 Å². The highest BCUT2D eigenvalue weighted by molar-refractivity contribution is 5.79. The van der Waals surface area contributed by atoms with Crippen LogP contribution in [0, 0.1) is 11.8 Å². The van der Waals surface area contributed by atoms with E-state index >= 15 is 0 Å². The van der Waals surface area contributed by atoms with Gasteiger partial charge in [0.05, 0.1) is 24.7 Å². The lowest BCUT2D eigenvalue weighted by Crippen LogP contribution is -2.48. The van der Waals surface area contributed by atoms with Gasteiger partial charge in [0.25, 0.3) is 0 Å². The Hall–Kier alpha value is -1.89. The van der Waals surface area contributed by atoms with Gasteiger partial charge in [-0.25, -0.2) is 4.98 Å². The number of aromatic amines is 1. The predicted molar refractivity (Wildman–Crippen MR) is 92.6 cm³/mol. The summed E-state index contributed by atoms with van der Waals surface area (Å²) in [6.07, 6.45) is 4.45. The van der Waals surface area contributed by atoms with E-state index in [1.807, 2.05) is 23.6 Å². The largest absolute Gasteiger partial charge is 0.396 e. The summed E-state index contributed by atoms with van der Waals surface area (Å²) < 4.78 is 0. The Balaban J connectivity index is 1.76. The number of aliphatic hydroxyl groups excluding tert-OH is 1. The fraction of sp³-hybridized carbons (Fsp3) is 0.722. The summed E-state index contributed by atoms with van der Waals surface area (Å²) in [6.45, 7) is 5.87. The Labute approximate surface area is 148 Å². The number of amides is 2. The number of nitrogens with zero attached hydrogens (tertiary/aromatic N) is 3. The number of piperidine rings is 1. The average molecular weight is 348 g/mol. The number of fused-ring (bicyclic) bond motifs is 1. The molecule has 2 amide bonds. The molecule has 3 heterocycles. The number of aliphatic hydroxyl groups is 1. The summed E-state index contributed by atoms with van der Waals surface area (Å²) in [6, 6.07) is -0.00000570. The van der Waals surface area contributed by atoms with E-state index in [1.165, 1.54) is 0 Å². The van der Waals surface area contributed by atoms with Crippen LogP contribution in [0.4, 0.5) is 0 Å². The minimum atomic E-state index is -0.102. The summed E-state index contributed by atoms with van der Waals surface area (Å²) in [4.78, 5) is 36.3. The zero-order valence-corrected chi connectivity index (χ0v) is 15.1. The maximum Gasteiger partial charge on any atom is 0.225 e. The Morgan fingerprint density at radius 2 is 2.04 bits per heavy atom. The van der Waals surface area contributed by atoms with E-state index in [2.05, 4.69) is 9.97 Å². The number of aromatic nitrogens is 2. The highest BCUT2D eigenvalue weighted by Gasteiger charge is 2.40. The minimum absolute atomic E-state index is 0.00000570. The zero-order valence-electron chi connectivity index (χ0n) is 15.1. The molecule has 2 N–H and O–H groups in total. The van der Waals surface area contributed by atoms with Crippen molar-refractivity contribution in [3.05, 3.63) is 17.7 Å². The highest BCUT2D eigenvalue weighted by atomic mass is 16.3. The molecule has 25 heavy (non-hydrogen) atoms. The molecule has 3 rings (SSSR count). The molecule has 2 aliphatic heterocycles. The van der Waals surface area contributed by atoms with Gasteiger partial charge in [-0.1, -0.05) is 13.8 Å². The molecule has 7 heteroatoms. The van der Waals surface area contributed by atoms with Gasteiger partial charge in [0.2, 0.25) is 11.8 Å². The molecular formula is C18H28N4O3. The Morgan fingerprint density at radius 3 is 2.68 bits per heavy atom. The van der Waals surface area contributed by atoms with Crippen LogP contribution in [0.5, 0.6) is 0 Å². The second-order valence-corrected chi connectivity index (χ2v) is 7.34. The van der Waals surface area contributed by atoms with E-state index in [0.29, 0.717) is 19.0 Å². The molecule has 0 bridgehead atoms. The van der Waals surface area contributed by atoms with Crippen LogP contribution in [-0.2, 0) is 16.0 Å². The standard InChI is InChI=1S/C18H28N4O3/c1-12(2)18(25)22-9-5-14-16(20-11-19-14)17(22)13-3-7-21(8-4-13)15(24)6-10-23/h11-13,17,23H,3-10H2,1-2H3,(H,19,20). The molecule has 138 valence electrons. The number of carbonyl (C=O) groups excluding carboxylic acids is 2. The molecule has 1 saturated heterocycles. The zero-order chi connectivity index (χ0) is 18.0. The Bertz CT molecular complexity index is 620. The van der Waals surface area contributed by atoms with Crippen molar-refractivity contribution in [2.75, 3.05) is 26.2 Å². The lowest BCUT2D eigenvalue weighted by Gasteiger charge is -2.43. The van der Waals surface area contributed by atoms with E-state index < -0.39 is 0 Å². The van der Waals surface area contributed by atoms with Crippen LogP contribution in [0.25, 0.3) is 0 Å². The number of hydrogen-bond donors (Lipinski definition) is 2. The summed E-state index contributed by atoms with van der Waals surface area (Å²) in [5.41, 5.74) is 2.14. The summed E-state index contributed by atoms with van der Waals surface area (Å²) in [5, 5.41) is 8.95. The maximum absolute atomic E-state index is 12.7. The number of likely N-dealkylation sites (tertiary alicyclic amines) is 1. The number of rotatable bonds is 4. The average Bonchev–Trinajstić information content (AvgIpc) is 3.09. The van der Waals surface area contributed by atoms with Crippen LogP contribution in [0.15, 0.2) is 6.33 Å². The normalized spacial score (nSPS) is 21.5. The van der Waals surface area contributed by atoms with E-state index in [9.17, 15) is 9.59 Å². The molecule has 7 nitrogen and oxygen atoms in total. The molecule has 1 unspecified atom stereocenters. The predicted octanol–water partition coefficient (Wildman–Crippen LogP) is 1.11. The third-order valence-electron chi connectivity index (χ3n) is 5.41. The second kappa shape index (κ2) is 7.56. The molecule has 0 spiro atoms. The van der Waals surface area contributed by atoms with Crippen LogP contribution in [0.3, 0.4) is 0 Å². The minimum Gasteiger partial charge on any atom is -0.396 e. The van der Waals surface area contributed by atoms with Crippen molar-refractivity contribution >= 4 is 11.8 Å². The summed E-state index contributed by atoms with van der Waals surface area (Å²) >= 11 is 0. The molecule has 0 radical (unpaired) electrons. The van der Waals surface area contributed by atoms with Gasteiger partial charge < -0.3 is 19.9 Å². The maximum atomic E-state index is 12.7. The highest BCUT2D eigenvalue weighted by Crippen LogP contribution is 2.39. The van der Waals surface area contributed by atoms with Gasteiger partial charge in [-0.2, -0.15) is 0 Å². The van der Waals surface area contributed by atoms with Crippen molar-refractivity contribution in [1.82, 2.24) is 19.8 Å². The lowest BCUT2D eigenvalue weighted by molar-refractivity contribution is -0.141. The first-order valence-corrected chi connectivity index (χ1v) is 9.24.